The molecule has 6 heteroatoms. The highest BCUT2D eigenvalue weighted by molar-refractivity contribution is 5.71. The van der Waals surface area contributed by atoms with Crippen LogP contribution in [0.5, 0.6) is 0 Å². The summed E-state index contributed by atoms with van der Waals surface area (Å²) >= 11 is 0. The normalized spacial score (nSPS) is 13.4. The van der Waals surface area contributed by atoms with E-state index in [1.165, 1.54) is 51.4 Å². The molecular weight excluding hydrogens is 997 g/mol. The molecule has 0 bridgehead atoms. The Morgan fingerprint density at radius 2 is 0.494 bits per heavy atom. The Hall–Kier alpha value is -5.49. The Morgan fingerprint density at radius 1 is 0.259 bits per heavy atom. The summed E-state index contributed by atoms with van der Waals surface area (Å²) in [5.74, 6) is -1.03. The number of carbonyl (C=O) groups is 3. The van der Waals surface area contributed by atoms with E-state index >= 15 is 0 Å². The van der Waals surface area contributed by atoms with Gasteiger partial charge in [-0.05, 0) is 154 Å². The highest BCUT2D eigenvalue weighted by Crippen LogP contribution is 2.13. The van der Waals surface area contributed by atoms with Crippen LogP contribution >= 0.6 is 0 Å². The van der Waals surface area contributed by atoms with Crippen molar-refractivity contribution >= 4 is 17.9 Å². The van der Waals surface area contributed by atoms with Gasteiger partial charge in [0.05, 0.1) is 0 Å². The topological polar surface area (TPSA) is 78.9 Å². The van der Waals surface area contributed by atoms with E-state index in [-0.39, 0.29) is 44.0 Å². The van der Waals surface area contributed by atoms with Gasteiger partial charge < -0.3 is 14.2 Å². The van der Waals surface area contributed by atoms with E-state index in [4.69, 9.17) is 14.2 Å². The first kappa shape index (κ1) is 75.5. The predicted octanol–water partition coefficient (Wildman–Crippen LogP) is 22.4. The first-order valence-electron chi connectivity index (χ1n) is 32.3. The fraction of sp³-hybridized carbons (Fsp3) is 0.560. The molecule has 0 heterocycles. The van der Waals surface area contributed by atoms with Crippen LogP contribution in [0.1, 0.15) is 252 Å². The molecule has 1 atom stereocenters. The molecule has 0 aliphatic carbocycles. The highest BCUT2D eigenvalue weighted by Gasteiger charge is 2.19. The van der Waals surface area contributed by atoms with E-state index in [1.807, 2.05) is 0 Å². The van der Waals surface area contributed by atoms with Gasteiger partial charge in [0.1, 0.15) is 13.2 Å². The number of unbranched alkanes of at least 4 members (excludes halogenated alkanes) is 15. The second-order valence-corrected chi connectivity index (χ2v) is 20.5. The lowest BCUT2D eigenvalue weighted by molar-refractivity contribution is -0.167. The number of esters is 3. The van der Waals surface area contributed by atoms with Crippen molar-refractivity contribution in [2.24, 2.45) is 0 Å². The van der Waals surface area contributed by atoms with Crippen LogP contribution in [0.3, 0.4) is 0 Å². The van der Waals surface area contributed by atoms with E-state index in [0.717, 1.165) is 154 Å². The van der Waals surface area contributed by atoms with Gasteiger partial charge in [0.15, 0.2) is 6.10 Å². The first-order valence-corrected chi connectivity index (χ1v) is 32.3. The van der Waals surface area contributed by atoms with Crippen LogP contribution in [0.2, 0.25) is 0 Å². The third kappa shape index (κ3) is 65.2. The Kier molecular flexibility index (Phi) is 62.5. The summed E-state index contributed by atoms with van der Waals surface area (Å²) in [7, 11) is 0. The molecule has 0 aromatic heterocycles. The van der Waals surface area contributed by atoms with E-state index < -0.39 is 6.10 Å². The van der Waals surface area contributed by atoms with E-state index in [9.17, 15) is 14.4 Å². The van der Waals surface area contributed by atoms with Gasteiger partial charge in [-0.1, -0.05) is 261 Å². The van der Waals surface area contributed by atoms with Crippen LogP contribution in [0, 0.1) is 0 Å². The van der Waals surface area contributed by atoms with E-state index in [2.05, 4.69) is 203 Å². The maximum absolute atomic E-state index is 12.9. The van der Waals surface area contributed by atoms with Gasteiger partial charge in [-0.15, -0.1) is 0 Å². The molecule has 6 nitrogen and oxygen atoms in total. The van der Waals surface area contributed by atoms with Gasteiger partial charge in [0.2, 0.25) is 0 Å². The lowest BCUT2D eigenvalue weighted by Crippen LogP contribution is -2.30. The van der Waals surface area contributed by atoms with Crippen LogP contribution in [-0.4, -0.2) is 37.2 Å². The molecule has 0 aliphatic rings. The molecule has 0 saturated carbocycles. The molecule has 0 N–H and O–H groups in total. The third-order valence-corrected chi connectivity index (χ3v) is 12.9. The minimum absolute atomic E-state index is 0.126. The molecule has 452 valence electrons. The van der Waals surface area contributed by atoms with Gasteiger partial charge in [-0.2, -0.15) is 0 Å². The average molecular weight is 1110 g/mol. The molecule has 0 amide bonds. The third-order valence-electron chi connectivity index (χ3n) is 12.9. The lowest BCUT2D eigenvalue weighted by Gasteiger charge is -2.18. The minimum Gasteiger partial charge on any atom is -0.462 e. The van der Waals surface area contributed by atoms with Crippen LogP contribution in [0.15, 0.2) is 182 Å². The summed E-state index contributed by atoms with van der Waals surface area (Å²) in [5.41, 5.74) is 0. The van der Waals surface area contributed by atoms with Gasteiger partial charge in [0.25, 0.3) is 0 Å². The van der Waals surface area contributed by atoms with Crippen molar-refractivity contribution in [2.75, 3.05) is 13.2 Å². The second-order valence-electron chi connectivity index (χ2n) is 20.5. The minimum atomic E-state index is -0.833. The average Bonchev–Trinajstić information content (AvgIpc) is 3.46. The fourth-order valence-electron chi connectivity index (χ4n) is 8.11. The molecule has 0 rings (SSSR count). The summed E-state index contributed by atoms with van der Waals surface area (Å²) < 4.78 is 16.8. The number of carbonyl (C=O) groups excluding carboxylic acids is 3. The van der Waals surface area contributed by atoms with Crippen LogP contribution in [0.4, 0.5) is 0 Å². The molecule has 0 aromatic rings. The van der Waals surface area contributed by atoms with Crippen molar-refractivity contribution in [3.8, 4) is 0 Å². The van der Waals surface area contributed by atoms with Gasteiger partial charge >= 0.3 is 17.9 Å². The van der Waals surface area contributed by atoms with Gasteiger partial charge in [0, 0.05) is 19.3 Å². The Balaban J connectivity index is 4.51. The molecule has 0 radical (unpaired) electrons. The van der Waals surface area contributed by atoms with Crippen molar-refractivity contribution in [3.63, 3.8) is 0 Å². The maximum atomic E-state index is 12.9. The molecule has 0 fully saturated rings. The van der Waals surface area contributed by atoms with Crippen molar-refractivity contribution in [3.05, 3.63) is 182 Å². The summed E-state index contributed by atoms with van der Waals surface area (Å²) in [4.78, 5) is 38.3. The molecule has 0 saturated heterocycles. The van der Waals surface area contributed by atoms with Crippen molar-refractivity contribution in [1.29, 1.82) is 0 Å². The van der Waals surface area contributed by atoms with Crippen LogP contribution < -0.4 is 0 Å². The second kappa shape index (κ2) is 67.0. The first-order chi connectivity index (χ1) is 40.0. The molecule has 0 spiro atoms. The quantitative estimate of drug-likeness (QED) is 0.0261. The Labute approximate surface area is 497 Å². The van der Waals surface area contributed by atoms with Crippen LogP contribution in [0.25, 0.3) is 0 Å². The zero-order valence-corrected chi connectivity index (χ0v) is 51.7. The van der Waals surface area contributed by atoms with Crippen molar-refractivity contribution < 1.29 is 28.6 Å². The Morgan fingerprint density at radius 3 is 0.815 bits per heavy atom. The summed E-state index contributed by atoms with van der Waals surface area (Å²) in [6, 6.07) is 0. The number of ether oxygens (including phenoxy) is 3. The predicted molar refractivity (Wildman–Crippen MR) is 352 cm³/mol. The van der Waals surface area contributed by atoms with E-state index in [1.54, 1.807) is 0 Å². The highest BCUT2D eigenvalue weighted by atomic mass is 16.6. The molecule has 0 aliphatic heterocycles. The van der Waals surface area contributed by atoms with Crippen molar-refractivity contribution in [2.45, 2.75) is 258 Å². The monoisotopic (exact) mass is 1110 g/mol. The lowest BCUT2D eigenvalue weighted by atomic mass is 10.1. The van der Waals surface area contributed by atoms with Crippen molar-refractivity contribution in [1.82, 2.24) is 0 Å². The number of rotatable bonds is 56. The maximum Gasteiger partial charge on any atom is 0.306 e. The number of hydrogen-bond donors (Lipinski definition) is 0. The standard InChI is InChI=1S/C75H116O6/c1-4-7-10-13-16-19-22-25-27-29-31-33-34-35-36-37-38-39-40-42-43-45-47-50-53-56-59-62-65-68-74(77)80-71-72(70-79-73(76)67-64-61-58-55-52-49-24-21-18-15-12-9-6-3)81-75(78)69-66-63-60-57-54-51-48-46-44-41-32-30-28-26-23-20-17-14-11-8-5-2/h7,9-10,12,16,18-19,21,23,25-27,30-33,35-36,38-39,42-44,46-47,49-50,52,56,59,72H,4-6,8,11,13-15,17,20,22,24,28-29,34,37,40-41,45,48,51,53-55,57-58,60-71H2,1-3H3/b10-7-,12-9-,19-16-,21-18-,26-23-,27-25-,32-30-,33-31-,36-35-,39-38-,43-42-,46-44-,50-47-,52-49-,59-56-. The molecule has 81 heavy (non-hydrogen) atoms. The van der Waals surface area contributed by atoms with Gasteiger partial charge in [-0.3, -0.25) is 14.4 Å². The summed E-state index contributed by atoms with van der Waals surface area (Å²) in [5, 5.41) is 0. The summed E-state index contributed by atoms with van der Waals surface area (Å²) in [6.45, 7) is 6.30. The molecule has 1 unspecified atom stereocenters. The van der Waals surface area contributed by atoms with E-state index in [0.29, 0.717) is 12.8 Å². The number of hydrogen-bond acceptors (Lipinski definition) is 6. The number of allylic oxidation sites excluding steroid dienone is 30. The Bertz CT molecular complexity index is 1900. The van der Waals surface area contributed by atoms with Crippen LogP contribution in [-0.2, 0) is 28.6 Å². The fourth-order valence-corrected chi connectivity index (χ4v) is 8.11. The van der Waals surface area contributed by atoms with Gasteiger partial charge in [-0.25, -0.2) is 0 Å². The SMILES string of the molecule is CC/C=C\C/C=C\C/C=C\C/C=C\C/C=C\C/C=C\C/C=C\C/C=C\C/C=C\CCCC(=O)OCC(COC(=O)CCCCC/C=C\C/C=C\C/C=C\CC)OC(=O)CCCCCCCC/C=C\C/C=C\C/C=C\CCCCCCC. The molecular formula is C75H116O6. The zero-order valence-electron chi connectivity index (χ0n) is 51.7. The zero-order chi connectivity index (χ0) is 58.5. The molecule has 0 aromatic carbocycles. The summed E-state index contributed by atoms with van der Waals surface area (Å²) in [6.07, 6.45) is 100. The smallest absolute Gasteiger partial charge is 0.306 e. The largest absolute Gasteiger partial charge is 0.462 e.